The molecule has 0 unspecified atom stereocenters. The Balaban J connectivity index is 1.85. The fraction of sp³-hybridized carbons (Fsp3) is 0.111. The molecular weight excluding hydrogens is 350 g/mol. The van der Waals surface area contributed by atoms with Crippen LogP contribution in [0.15, 0.2) is 54.6 Å². The predicted molar refractivity (Wildman–Crippen MR) is 87.7 cm³/mol. The number of carbonyl (C=O) groups is 1. The summed E-state index contributed by atoms with van der Waals surface area (Å²) in [5.41, 5.74) is 0.378. The molecule has 0 aliphatic heterocycles. The fourth-order valence-electron chi connectivity index (χ4n) is 2.37. The molecule has 8 heteroatoms. The molecule has 0 radical (unpaired) electrons. The Hall–Kier alpha value is -3.16. The van der Waals surface area contributed by atoms with Gasteiger partial charge in [0.1, 0.15) is 11.6 Å². The van der Waals surface area contributed by atoms with Crippen LogP contribution in [0.4, 0.5) is 23.4 Å². The molecule has 0 spiro atoms. The number of rotatable bonds is 3. The van der Waals surface area contributed by atoms with E-state index in [2.05, 4.69) is 10.4 Å². The van der Waals surface area contributed by atoms with E-state index < -0.39 is 23.5 Å². The van der Waals surface area contributed by atoms with Gasteiger partial charge in [-0.1, -0.05) is 0 Å². The highest BCUT2D eigenvalue weighted by Crippen LogP contribution is 2.29. The summed E-state index contributed by atoms with van der Waals surface area (Å²) in [4.78, 5) is 12.3. The molecule has 26 heavy (non-hydrogen) atoms. The zero-order valence-electron chi connectivity index (χ0n) is 13.5. The highest BCUT2D eigenvalue weighted by molar-refractivity contribution is 6.04. The molecule has 1 N–H and O–H groups in total. The zero-order valence-corrected chi connectivity index (χ0v) is 13.5. The van der Waals surface area contributed by atoms with E-state index in [4.69, 9.17) is 0 Å². The van der Waals surface area contributed by atoms with Gasteiger partial charge in [-0.15, -0.1) is 0 Å². The van der Waals surface area contributed by atoms with Gasteiger partial charge in [0.05, 0.1) is 16.9 Å². The van der Waals surface area contributed by atoms with Crippen LogP contribution in [0.5, 0.6) is 0 Å². The minimum Gasteiger partial charge on any atom is -0.306 e. The molecule has 4 nitrogen and oxygen atoms in total. The number of hydrogen-bond acceptors (Lipinski definition) is 2. The molecule has 0 saturated carbocycles. The number of anilines is 1. The van der Waals surface area contributed by atoms with E-state index in [0.717, 1.165) is 24.3 Å². The predicted octanol–water partition coefficient (Wildman–Crippen LogP) is 4.59. The van der Waals surface area contributed by atoms with Gasteiger partial charge >= 0.3 is 6.18 Å². The van der Waals surface area contributed by atoms with Crippen LogP contribution in [0.2, 0.25) is 0 Å². The van der Waals surface area contributed by atoms with Crippen molar-refractivity contribution < 1.29 is 22.4 Å². The van der Waals surface area contributed by atoms with Crippen LogP contribution < -0.4 is 5.32 Å². The lowest BCUT2D eigenvalue weighted by atomic mass is 10.1. The molecule has 0 atom stereocenters. The molecule has 1 aromatic heterocycles. The number of alkyl halides is 3. The first-order valence-corrected chi connectivity index (χ1v) is 7.55. The van der Waals surface area contributed by atoms with Gasteiger partial charge in [-0.25, -0.2) is 9.07 Å². The zero-order chi connectivity index (χ0) is 18.9. The van der Waals surface area contributed by atoms with Crippen molar-refractivity contribution in [3.05, 3.63) is 77.2 Å². The maximum absolute atomic E-state index is 13.1. The SMILES string of the molecule is Cc1cc(NC(=O)c2ccc(C(F)(F)F)cc2)n(-c2ccc(F)cc2)n1. The first-order chi connectivity index (χ1) is 12.2. The number of carbonyl (C=O) groups excluding carboxylic acids is 1. The summed E-state index contributed by atoms with van der Waals surface area (Å²) in [5.74, 6) is -0.672. The molecule has 0 bridgehead atoms. The van der Waals surface area contributed by atoms with Crippen LogP contribution in [0, 0.1) is 12.7 Å². The van der Waals surface area contributed by atoms with Gasteiger partial charge in [0.25, 0.3) is 5.91 Å². The van der Waals surface area contributed by atoms with Crippen LogP contribution in [-0.4, -0.2) is 15.7 Å². The van der Waals surface area contributed by atoms with Gasteiger partial charge in [0, 0.05) is 11.6 Å². The molecule has 1 amide bonds. The van der Waals surface area contributed by atoms with E-state index in [-0.39, 0.29) is 5.56 Å². The Kier molecular flexibility index (Phi) is 4.50. The number of nitrogens with one attached hydrogen (secondary N) is 1. The molecule has 3 aromatic rings. The van der Waals surface area contributed by atoms with E-state index >= 15 is 0 Å². The smallest absolute Gasteiger partial charge is 0.306 e. The Labute approximate surface area is 146 Å². The largest absolute Gasteiger partial charge is 0.416 e. The van der Waals surface area contributed by atoms with Crippen molar-refractivity contribution in [2.45, 2.75) is 13.1 Å². The van der Waals surface area contributed by atoms with Crippen LogP contribution in [0.3, 0.4) is 0 Å². The average Bonchev–Trinajstić information content (AvgIpc) is 2.95. The minimum absolute atomic E-state index is 0.0718. The summed E-state index contributed by atoms with van der Waals surface area (Å²) in [6, 6.07) is 11.0. The molecule has 134 valence electrons. The topological polar surface area (TPSA) is 46.9 Å². The first-order valence-electron chi connectivity index (χ1n) is 7.55. The maximum Gasteiger partial charge on any atom is 0.416 e. The Morgan fingerprint density at radius 1 is 1.04 bits per heavy atom. The number of benzene rings is 2. The number of amides is 1. The minimum atomic E-state index is -4.46. The quantitative estimate of drug-likeness (QED) is 0.692. The molecule has 0 fully saturated rings. The van der Waals surface area contributed by atoms with Crippen molar-refractivity contribution >= 4 is 11.7 Å². The third kappa shape index (κ3) is 3.74. The van der Waals surface area contributed by atoms with E-state index in [0.29, 0.717) is 17.2 Å². The summed E-state index contributed by atoms with van der Waals surface area (Å²) in [7, 11) is 0. The van der Waals surface area contributed by atoms with Crippen LogP contribution in [0.1, 0.15) is 21.6 Å². The molecule has 0 saturated heterocycles. The van der Waals surface area contributed by atoms with Crippen molar-refractivity contribution in [1.29, 1.82) is 0 Å². The number of aryl methyl sites for hydroxylation is 1. The number of nitrogens with zero attached hydrogens (tertiary/aromatic N) is 2. The van der Waals surface area contributed by atoms with Crippen molar-refractivity contribution in [1.82, 2.24) is 9.78 Å². The fourth-order valence-corrected chi connectivity index (χ4v) is 2.37. The highest BCUT2D eigenvalue weighted by atomic mass is 19.4. The van der Waals surface area contributed by atoms with Crippen molar-refractivity contribution in [3.8, 4) is 5.69 Å². The van der Waals surface area contributed by atoms with Gasteiger partial charge in [-0.3, -0.25) is 4.79 Å². The van der Waals surface area contributed by atoms with Gasteiger partial charge in [0.15, 0.2) is 0 Å². The summed E-state index contributed by atoms with van der Waals surface area (Å²) in [5, 5.41) is 6.84. The van der Waals surface area contributed by atoms with Gasteiger partial charge < -0.3 is 5.32 Å². The molecule has 3 rings (SSSR count). The van der Waals surface area contributed by atoms with E-state index in [1.165, 1.54) is 28.9 Å². The summed E-state index contributed by atoms with van der Waals surface area (Å²) in [6.45, 7) is 1.72. The molecule has 2 aromatic carbocycles. The second kappa shape index (κ2) is 6.62. The number of hydrogen-bond donors (Lipinski definition) is 1. The molecule has 0 aliphatic carbocycles. The van der Waals surface area contributed by atoms with E-state index in [1.54, 1.807) is 13.0 Å². The second-order valence-electron chi connectivity index (χ2n) is 5.59. The maximum atomic E-state index is 13.1. The molecular formula is C18H13F4N3O. The Morgan fingerprint density at radius 3 is 2.23 bits per heavy atom. The highest BCUT2D eigenvalue weighted by Gasteiger charge is 2.30. The second-order valence-corrected chi connectivity index (χ2v) is 5.59. The van der Waals surface area contributed by atoms with Crippen LogP contribution >= 0.6 is 0 Å². The van der Waals surface area contributed by atoms with Crippen LogP contribution in [-0.2, 0) is 6.18 Å². The third-order valence-electron chi connectivity index (χ3n) is 3.62. The van der Waals surface area contributed by atoms with E-state index in [9.17, 15) is 22.4 Å². The van der Waals surface area contributed by atoms with Crippen molar-refractivity contribution in [2.75, 3.05) is 5.32 Å². The van der Waals surface area contributed by atoms with E-state index in [1.807, 2.05) is 0 Å². The Bertz CT molecular complexity index is 929. The average molecular weight is 363 g/mol. The van der Waals surface area contributed by atoms with Crippen molar-refractivity contribution in [2.24, 2.45) is 0 Å². The monoisotopic (exact) mass is 363 g/mol. The third-order valence-corrected chi connectivity index (χ3v) is 3.62. The van der Waals surface area contributed by atoms with Gasteiger partial charge in [0.2, 0.25) is 0 Å². The number of halogens is 4. The summed E-state index contributed by atoms with van der Waals surface area (Å²) >= 11 is 0. The lowest BCUT2D eigenvalue weighted by molar-refractivity contribution is -0.137. The van der Waals surface area contributed by atoms with Gasteiger partial charge in [-0.2, -0.15) is 18.3 Å². The standard InChI is InChI=1S/C18H13F4N3O/c1-11-10-16(25(24-11)15-8-6-14(19)7-9-15)23-17(26)12-2-4-13(5-3-12)18(20,21)22/h2-10H,1H3,(H,23,26). The first kappa shape index (κ1) is 17.7. The summed E-state index contributed by atoms with van der Waals surface area (Å²) in [6.07, 6.45) is -4.46. The van der Waals surface area contributed by atoms with Gasteiger partial charge in [-0.05, 0) is 55.5 Å². The lowest BCUT2D eigenvalue weighted by Crippen LogP contribution is -2.15. The normalized spacial score (nSPS) is 11.4. The Morgan fingerprint density at radius 2 is 1.65 bits per heavy atom. The lowest BCUT2D eigenvalue weighted by Gasteiger charge is -2.10. The van der Waals surface area contributed by atoms with Crippen LogP contribution in [0.25, 0.3) is 5.69 Å². The summed E-state index contributed by atoms with van der Waals surface area (Å²) < 4.78 is 52.3. The molecule has 1 heterocycles. The number of aromatic nitrogens is 2. The van der Waals surface area contributed by atoms with Crippen molar-refractivity contribution in [3.63, 3.8) is 0 Å². The molecule has 0 aliphatic rings.